The summed E-state index contributed by atoms with van der Waals surface area (Å²) >= 11 is 0. The summed E-state index contributed by atoms with van der Waals surface area (Å²) in [5, 5.41) is 9.32. The molecule has 0 aliphatic carbocycles. The van der Waals surface area contributed by atoms with Gasteiger partial charge in [0.15, 0.2) is 11.5 Å². The topological polar surface area (TPSA) is 55.8 Å². The van der Waals surface area contributed by atoms with Gasteiger partial charge in [-0.2, -0.15) is 0 Å². The summed E-state index contributed by atoms with van der Waals surface area (Å²) in [5.74, 6) is 0.378. The molecule has 2 aromatic carbocycles. The number of rotatable bonds is 7. The van der Waals surface area contributed by atoms with Gasteiger partial charge in [0.2, 0.25) is 0 Å². The minimum absolute atomic E-state index is 0.369. The molecule has 4 heteroatoms. The van der Waals surface area contributed by atoms with Gasteiger partial charge in [-0.05, 0) is 37.5 Å². The zero-order chi connectivity index (χ0) is 16.9. The molecule has 0 bridgehead atoms. The fraction of sp³-hybridized carbons (Fsp3) is 0.316. The van der Waals surface area contributed by atoms with E-state index < -0.39 is 11.4 Å². The smallest absolute Gasteiger partial charge is 0.309 e. The number of carboxylic acids is 1. The zero-order valence-electron chi connectivity index (χ0n) is 13.7. The fourth-order valence-corrected chi connectivity index (χ4v) is 2.33. The van der Waals surface area contributed by atoms with Crippen molar-refractivity contribution in [3.63, 3.8) is 0 Å². The van der Waals surface area contributed by atoms with Crippen LogP contribution in [-0.4, -0.2) is 18.2 Å². The van der Waals surface area contributed by atoms with Gasteiger partial charge in [0, 0.05) is 0 Å². The number of hydrogen-bond acceptors (Lipinski definition) is 3. The Kier molecular flexibility index (Phi) is 5.27. The van der Waals surface area contributed by atoms with Gasteiger partial charge in [0.1, 0.15) is 6.61 Å². The summed E-state index contributed by atoms with van der Waals surface area (Å²) in [7, 11) is 1.57. The van der Waals surface area contributed by atoms with E-state index in [9.17, 15) is 9.90 Å². The highest BCUT2D eigenvalue weighted by Gasteiger charge is 2.29. The Morgan fingerprint density at radius 1 is 1.09 bits per heavy atom. The van der Waals surface area contributed by atoms with Gasteiger partial charge < -0.3 is 14.6 Å². The van der Waals surface area contributed by atoms with E-state index >= 15 is 0 Å². The van der Waals surface area contributed by atoms with Gasteiger partial charge in [-0.25, -0.2) is 0 Å². The molecule has 0 aliphatic heterocycles. The minimum atomic E-state index is -0.870. The van der Waals surface area contributed by atoms with Crippen molar-refractivity contribution in [2.24, 2.45) is 5.41 Å². The van der Waals surface area contributed by atoms with Crippen molar-refractivity contribution in [3.8, 4) is 11.5 Å². The van der Waals surface area contributed by atoms with Crippen molar-refractivity contribution in [1.29, 1.82) is 0 Å². The Balaban J connectivity index is 2.21. The maximum absolute atomic E-state index is 11.3. The van der Waals surface area contributed by atoms with Gasteiger partial charge >= 0.3 is 5.97 Å². The number of ether oxygens (including phenoxy) is 2. The molecule has 0 spiro atoms. The maximum Gasteiger partial charge on any atom is 0.309 e. The van der Waals surface area contributed by atoms with E-state index in [1.807, 2.05) is 48.5 Å². The quantitative estimate of drug-likeness (QED) is 0.841. The molecule has 0 atom stereocenters. The van der Waals surface area contributed by atoms with E-state index in [2.05, 4.69) is 0 Å². The number of hydrogen-bond donors (Lipinski definition) is 1. The normalized spacial score (nSPS) is 11.1. The third kappa shape index (κ3) is 4.25. The van der Waals surface area contributed by atoms with Gasteiger partial charge in [0.05, 0.1) is 12.5 Å². The molecule has 0 unspecified atom stereocenters. The number of para-hydroxylation sites is 1. The van der Waals surface area contributed by atoms with Gasteiger partial charge in [-0.3, -0.25) is 4.79 Å². The molecule has 2 aromatic rings. The average molecular weight is 314 g/mol. The lowest BCUT2D eigenvalue weighted by Gasteiger charge is -2.21. The molecular formula is C19H22O4. The van der Waals surface area contributed by atoms with E-state index in [4.69, 9.17) is 9.47 Å². The van der Waals surface area contributed by atoms with Gasteiger partial charge in [-0.1, -0.05) is 42.5 Å². The Morgan fingerprint density at radius 2 is 1.78 bits per heavy atom. The van der Waals surface area contributed by atoms with Gasteiger partial charge in [-0.15, -0.1) is 0 Å². The van der Waals surface area contributed by atoms with Gasteiger partial charge in [0.25, 0.3) is 0 Å². The first-order valence-electron chi connectivity index (χ1n) is 7.50. The molecule has 0 amide bonds. The second-order valence-electron chi connectivity index (χ2n) is 6.09. The van der Waals surface area contributed by atoms with Crippen molar-refractivity contribution >= 4 is 5.97 Å². The molecule has 0 heterocycles. The van der Waals surface area contributed by atoms with Crippen molar-refractivity contribution in [2.75, 3.05) is 7.11 Å². The lowest BCUT2D eigenvalue weighted by atomic mass is 9.85. The van der Waals surface area contributed by atoms with Crippen LogP contribution in [0.5, 0.6) is 11.5 Å². The van der Waals surface area contributed by atoms with E-state index in [1.54, 1.807) is 21.0 Å². The number of carbonyl (C=O) groups is 1. The van der Waals surface area contributed by atoms with Crippen LogP contribution in [-0.2, 0) is 17.8 Å². The summed E-state index contributed by atoms with van der Waals surface area (Å²) < 4.78 is 11.3. The molecule has 0 aromatic heterocycles. The highest BCUT2D eigenvalue weighted by molar-refractivity contribution is 5.74. The zero-order valence-corrected chi connectivity index (χ0v) is 13.7. The Labute approximate surface area is 136 Å². The Bertz CT molecular complexity index is 662. The van der Waals surface area contributed by atoms with Crippen LogP contribution < -0.4 is 9.47 Å². The minimum Gasteiger partial charge on any atom is -0.493 e. The Morgan fingerprint density at radius 3 is 2.39 bits per heavy atom. The third-order valence-corrected chi connectivity index (χ3v) is 3.71. The van der Waals surface area contributed by atoms with Crippen molar-refractivity contribution in [3.05, 3.63) is 59.7 Å². The Hall–Kier alpha value is -2.49. The summed E-state index contributed by atoms with van der Waals surface area (Å²) in [6, 6.07) is 15.4. The fourth-order valence-electron chi connectivity index (χ4n) is 2.33. The number of carboxylic acid groups (broad SMARTS) is 1. The van der Waals surface area contributed by atoms with Crippen LogP contribution in [0.3, 0.4) is 0 Å². The average Bonchev–Trinajstić information content (AvgIpc) is 2.53. The molecule has 0 saturated heterocycles. The summed E-state index contributed by atoms with van der Waals surface area (Å²) in [5.41, 5.74) is 1.02. The van der Waals surface area contributed by atoms with Crippen LogP contribution in [0, 0.1) is 5.41 Å². The SMILES string of the molecule is COc1c(CC(C)(C)C(=O)O)cccc1OCc1ccccc1. The van der Waals surface area contributed by atoms with E-state index in [1.165, 1.54) is 0 Å². The number of benzene rings is 2. The van der Waals surface area contributed by atoms with Crippen LogP contribution in [0.15, 0.2) is 48.5 Å². The van der Waals surface area contributed by atoms with E-state index in [-0.39, 0.29) is 0 Å². The lowest BCUT2D eigenvalue weighted by Crippen LogP contribution is -2.26. The first-order valence-corrected chi connectivity index (χ1v) is 7.50. The maximum atomic E-state index is 11.3. The van der Waals surface area contributed by atoms with Crippen LogP contribution in [0.2, 0.25) is 0 Å². The molecule has 2 rings (SSSR count). The molecule has 4 nitrogen and oxygen atoms in total. The van der Waals surface area contributed by atoms with Crippen molar-refractivity contribution < 1.29 is 19.4 Å². The van der Waals surface area contributed by atoms with Crippen LogP contribution in [0.1, 0.15) is 25.0 Å². The second kappa shape index (κ2) is 7.18. The van der Waals surface area contributed by atoms with E-state index in [0.717, 1.165) is 11.1 Å². The second-order valence-corrected chi connectivity index (χ2v) is 6.09. The molecule has 122 valence electrons. The molecule has 23 heavy (non-hydrogen) atoms. The highest BCUT2D eigenvalue weighted by Crippen LogP contribution is 2.35. The first-order chi connectivity index (χ1) is 10.9. The van der Waals surface area contributed by atoms with Crippen LogP contribution in [0.4, 0.5) is 0 Å². The summed E-state index contributed by atoms with van der Waals surface area (Å²) in [6.45, 7) is 3.83. The highest BCUT2D eigenvalue weighted by atomic mass is 16.5. The van der Waals surface area contributed by atoms with E-state index in [0.29, 0.717) is 24.5 Å². The molecule has 0 radical (unpaired) electrons. The number of methoxy groups -OCH3 is 1. The summed E-state index contributed by atoms with van der Waals surface area (Å²) in [6.07, 6.45) is 0.369. The predicted octanol–water partition coefficient (Wildman–Crippen LogP) is 3.93. The largest absolute Gasteiger partial charge is 0.493 e. The van der Waals surface area contributed by atoms with Crippen molar-refractivity contribution in [2.45, 2.75) is 26.9 Å². The molecule has 0 fully saturated rings. The van der Waals surface area contributed by atoms with Crippen LogP contribution in [0.25, 0.3) is 0 Å². The molecular weight excluding hydrogens is 292 g/mol. The molecule has 0 saturated carbocycles. The summed E-state index contributed by atoms with van der Waals surface area (Å²) in [4.78, 5) is 11.3. The lowest BCUT2D eigenvalue weighted by molar-refractivity contribution is -0.146. The third-order valence-electron chi connectivity index (χ3n) is 3.71. The first kappa shape index (κ1) is 16.9. The number of aliphatic carboxylic acids is 1. The molecule has 0 aliphatic rings. The standard InChI is InChI=1S/C19H22O4/c1-19(2,18(20)21)12-15-10-7-11-16(17(15)22-3)23-13-14-8-5-4-6-9-14/h4-11H,12-13H2,1-3H3,(H,20,21). The molecule has 1 N–H and O–H groups in total. The monoisotopic (exact) mass is 314 g/mol. The predicted molar refractivity (Wildman–Crippen MR) is 88.9 cm³/mol. The van der Waals surface area contributed by atoms with Crippen LogP contribution >= 0.6 is 0 Å². The van der Waals surface area contributed by atoms with Crippen molar-refractivity contribution in [1.82, 2.24) is 0 Å².